The monoisotopic (exact) mass is 258 g/mol. The molecule has 0 fully saturated rings. The predicted octanol–water partition coefficient (Wildman–Crippen LogP) is 3.01. The molecule has 0 bridgehead atoms. The topological polar surface area (TPSA) is 44.2 Å². The van der Waals surface area contributed by atoms with Crippen molar-refractivity contribution in [3.63, 3.8) is 0 Å². The second-order valence-corrected chi connectivity index (χ2v) is 5.34. The highest BCUT2D eigenvalue weighted by molar-refractivity contribution is 6.29. The molecule has 96 valence electrons. The molecule has 0 spiro atoms. The van der Waals surface area contributed by atoms with Crippen molar-refractivity contribution in [1.82, 2.24) is 9.97 Å². The summed E-state index contributed by atoms with van der Waals surface area (Å²) in [5, 5.41) is 0.411. The van der Waals surface area contributed by atoms with E-state index in [1.165, 1.54) is 0 Å². The molecule has 1 unspecified atom stereocenters. The molecule has 4 nitrogen and oxygen atoms in total. The van der Waals surface area contributed by atoms with Gasteiger partial charge in [0.15, 0.2) is 5.82 Å². The highest BCUT2D eigenvalue weighted by Gasteiger charge is 2.29. The fraction of sp³-hybridized carbons (Fsp3) is 0.667. The van der Waals surface area contributed by atoms with E-state index < -0.39 is 0 Å². The summed E-state index contributed by atoms with van der Waals surface area (Å²) < 4.78 is 10.5. The van der Waals surface area contributed by atoms with Crippen molar-refractivity contribution in [2.24, 2.45) is 5.41 Å². The van der Waals surface area contributed by atoms with Gasteiger partial charge in [0.1, 0.15) is 11.3 Å². The third-order valence-electron chi connectivity index (χ3n) is 2.31. The van der Waals surface area contributed by atoms with Gasteiger partial charge in [-0.05, 0) is 11.5 Å². The quantitative estimate of drug-likeness (QED) is 0.779. The Hall–Kier alpha value is -0.710. The standard InChI is InChI=1S/C12H19ClN2O2/c1-12(2,3)10(17-5)11-14-8(7-16-4)6-9(13)15-11/h6,10H,7H2,1-5H3. The first kappa shape index (κ1) is 14.4. The van der Waals surface area contributed by atoms with Crippen LogP contribution in [0.3, 0.4) is 0 Å². The third kappa shape index (κ3) is 3.91. The van der Waals surface area contributed by atoms with E-state index in [9.17, 15) is 0 Å². The Balaban J connectivity index is 3.11. The predicted molar refractivity (Wildman–Crippen MR) is 67.0 cm³/mol. The number of aromatic nitrogens is 2. The highest BCUT2D eigenvalue weighted by Crippen LogP contribution is 2.34. The van der Waals surface area contributed by atoms with Gasteiger partial charge in [0, 0.05) is 14.2 Å². The van der Waals surface area contributed by atoms with E-state index in [0.29, 0.717) is 17.6 Å². The van der Waals surface area contributed by atoms with E-state index in [2.05, 4.69) is 30.7 Å². The van der Waals surface area contributed by atoms with Gasteiger partial charge < -0.3 is 9.47 Å². The molecular weight excluding hydrogens is 240 g/mol. The molecule has 0 radical (unpaired) electrons. The molecule has 1 aromatic heterocycles. The first-order valence-electron chi connectivity index (χ1n) is 5.43. The zero-order valence-corrected chi connectivity index (χ0v) is 11.7. The molecule has 0 aliphatic carbocycles. The van der Waals surface area contributed by atoms with Crippen molar-refractivity contribution in [3.05, 3.63) is 22.7 Å². The maximum atomic E-state index is 5.97. The first-order valence-corrected chi connectivity index (χ1v) is 5.81. The fourth-order valence-corrected chi connectivity index (χ4v) is 1.88. The Bertz CT molecular complexity index is 377. The molecule has 1 aromatic rings. The minimum Gasteiger partial charge on any atom is -0.378 e. The Morgan fingerprint density at radius 3 is 2.41 bits per heavy atom. The fourth-order valence-electron chi connectivity index (χ4n) is 1.67. The van der Waals surface area contributed by atoms with Crippen LogP contribution in [0.1, 0.15) is 38.4 Å². The lowest BCUT2D eigenvalue weighted by Crippen LogP contribution is -2.23. The number of halogens is 1. The molecular formula is C12H19ClN2O2. The van der Waals surface area contributed by atoms with Gasteiger partial charge in [0.25, 0.3) is 0 Å². The smallest absolute Gasteiger partial charge is 0.159 e. The Morgan fingerprint density at radius 2 is 1.94 bits per heavy atom. The molecule has 17 heavy (non-hydrogen) atoms. The average molecular weight is 259 g/mol. The van der Waals surface area contributed by atoms with Gasteiger partial charge in [0.05, 0.1) is 12.3 Å². The number of methoxy groups -OCH3 is 2. The van der Waals surface area contributed by atoms with E-state index in [0.717, 1.165) is 5.69 Å². The van der Waals surface area contributed by atoms with Gasteiger partial charge in [0.2, 0.25) is 0 Å². The van der Waals surface area contributed by atoms with E-state index in [4.69, 9.17) is 21.1 Å². The highest BCUT2D eigenvalue weighted by atomic mass is 35.5. The van der Waals surface area contributed by atoms with E-state index in [1.807, 2.05) is 0 Å². The van der Waals surface area contributed by atoms with Crippen LogP contribution in [-0.2, 0) is 16.1 Å². The second kappa shape index (κ2) is 5.76. The molecule has 1 atom stereocenters. The minimum atomic E-state index is -0.197. The van der Waals surface area contributed by atoms with E-state index in [-0.39, 0.29) is 11.5 Å². The van der Waals surface area contributed by atoms with E-state index in [1.54, 1.807) is 20.3 Å². The van der Waals surface area contributed by atoms with Gasteiger partial charge in [-0.15, -0.1) is 0 Å². The van der Waals surface area contributed by atoms with Crippen molar-refractivity contribution in [2.75, 3.05) is 14.2 Å². The van der Waals surface area contributed by atoms with Crippen molar-refractivity contribution >= 4 is 11.6 Å². The zero-order chi connectivity index (χ0) is 13.1. The van der Waals surface area contributed by atoms with E-state index >= 15 is 0 Å². The Kier molecular flexibility index (Phi) is 4.86. The van der Waals surface area contributed by atoms with Gasteiger partial charge >= 0.3 is 0 Å². The SMILES string of the molecule is COCc1cc(Cl)nc(C(OC)C(C)(C)C)n1. The third-order valence-corrected chi connectivity index (χ3v) is 2.51. The van der Waals surface area contributed by atoms with Crippen LogP contribution < -0.4 is 0 Å². The maximum absolute atomic E-state index is 5.97. The zero-order valence-electron chi connectivity index (χ0n) is 11.0. The molecule has 1 rings (SSSR count). The molecule has 0 aromatic carbocycles. The molecule has 0 amide bonds. The molecule has 1 heterocycles. The van der Waals surface area contributed by atoms with Crippen molar-refractivity contribution in [3.8, 4) is 0 Å². The summed E-state index contributed by atoms with van der Waals surface area (Å²) in [6, 6.07) is 1.70. The Morgan fingerprint density at radius 1 is 1.29 bits per heavy atom. The van der Waals surface area contributed by atoms with Crippen LogP contribution in [0.5, 0.6) is 0 Å². The summed E-state index contributed by atoms with van der Waals surface area (Å²) in [7, 11) is 3.27. The molecule has 5 heteroatoms. The number of ether oxygens (including phenoxy) is 2. The summed E-state index contributed by atoms with van der Waals surface area (Å²) in [4.78, 5) is 8.64. The molecule has 0 saturated heterocycles. The summed E-state index contributed by atoms with van der Waals surface area (Å²) in [6.45, 7) is 6.63. The molecule has 0 saturated carbocycles. The van der Waals surface area contributed by atoms with Gasteiger partial charge in [-0.1, -0.05) is 32.4 Å². The summed E-state index contributed by atoms with van der Waals surface area (Å²) in [5.74, 6) is 0.597. The minimum absolute atomic E-state index is 0.0935. The number of hydrogen-bond donors (Lipinski definition) is 0. The van der Waals surface area contributed by atoms with Crippen LogP contribution in [0.2, 0.25) is 5.15 Å². The number of nitrogens with zero attached hydrogens (tertiary/aromatic N) is 2. The summed E-state index contributed by atoms with van der Waals surface area (Å²) >= 11 is 5.97. The van der Waals surface area contributed by atoms with Gasteiger partial charge in [-0.25, -0.2) is 9.97 Å². The molecule has 0 aliphatic rings. The van der Waals surface area contributed by atoms with Crippen LogP contribution in [-0.4, -0.2) is 24.2 Å². The van der Waals surface area contributed by atoms with Crippen molar-refractivity contribution in [2.45, 2.75) is 33.5 Å². The lowest BCUT2D eigenvalue weighted by atomic mass is 9.88. The van der Waals surface area contributed by atoms with Crippen molar-refractivity contribution < 1.29 is 9.47 Å². The van der Waals surface area contributed by atoms with Crippen LogP contribution in [0, 0.1) is 5.41 Å². The lowest BCUT2D eigenvalue weighted by molar-refractivity contribution is 0.00826. The molecule has 0 N–H and O–H groups in total. The Labute approximate surface area is 107 Å². The van der Waals surface area contributed by atoms with Crippen molar-refractivity contribution in [1.29, 1.82) is 0 Å². The van der Waals surface area contributed by atoms with Crippen LogP contribution >= 0.6 is 11.6 Å². The average Bonchev–Trinajstić information content (AvgIpc) is 2.15. The summed E-state index contributed by atoms with van der Waals surface area (Å²) in [6.07, 6.45) is -0.197. The van der Waals surface area contributed by atoms with Crippen LogP contribution in [0.15, 0.2) is 6.07 Å². The van der Waals surface area contributed by atoms with Gasteiger partial charge in [-0.2, -0.15) is 0 Å². The number of hydrogen-bond acceptors (Lipinski definition) is 4. The molecule has 0 aliphatic heterocycles. The maximum Gasteiger partial charge on any atom is 0.159 e. The number of rotatable bonds is 4. The summed E-state index contributed by atoms with van der Waals surface area (Å²) in [5.41, 5.74) is 0.665. The normalized spacial score (nSPS) is 13.8. The largest absolute Gasteiger partial charge is 0.378 e. The van der Waals surface area contributed by atoms with Gasteiger partial charge in [-0.3, -0.25) is 0 Å². The second-order valence-electron chi connectivity index (χ2n) is 4.95. The first-order chi connectivity index (χ1) is 7.88. The van der Waals surface area contributed by atoms with Crippen LogP contribution in [0.25, 0.3) is 0 Å². The van der Waals surface area contributed by atoms with Crippen LogP contribution in [0.4, 0.5) is 0 Å². The lowest BCUT2D eigenvalue weighted by Gasteiger charge is -2.28.